The number of nitrogens with two attached hydrogens (primary N) is 1. The van der Waals surface area contributed by atoms with Crippen LogP contribution in [0.4, 0.5) is 0 Å². The number of aliphatic hydroxyl groups is 1. The summed E-state index contributed by atoms with van der Waals surface area (Å²) in [5, 5.41) is 10.4. The van der Waals surface area contributed by atoms with Crippen LogP contribution in [-0.2, 0) is 14.4 Å². The molecule has 2 saturated heterocycles. The van der Waals surface area contributed by atoms with E-state index in [0.717, 1.165) is 38.5 Å². The Morgan fingerprint density at radius 3 is 2.16 bits per heavy atom. The molecule has 2 aliphatic heterocycles. The Morgan fingerprint density at radius 1 is 1.03 bits per heavy atom. The summed E-state index contributed by atoms with van der Waals surface area (Å²) in [6.45, 7) is 7.01. The number of piperidine rings is 1. The predicted molar refractivity (Wildman–Crippen MR) is 120 cm³/mol. The number of ketones is 1. The Labute approximate surface area is 187 Å². The molecule has 0 aromatic rings. The van der Waals surface area contributed by atoms with E-state index < -0.39 is 24.0 Å². The molecule has 176 valence electrons. The Bertz CT molecular complexity index is 676. The number of aliphatic hydroxyl groups excluding tert-OH is 1. The molecule has 0 aromatic heterocycles. The van der Waals surface area contributed by atoms with E-state index >= 15 is 0 Å². The second kappa shape index (κ2) is 10.0. The van der Waals surface area contributed by atoms with Crippen molar-refractivity contribution in [3.63, 3.8) is 0 Å². The highest BCUT2D eigenvalue weighted by molar-refractivity contribution is 5.92. The Kier molecular flexibility index (Phi) is 7.82. The molecule has 0 aromatic carbocycles. The standard InChI is InChI=1S/C25H42N2O4/c1-16-12-10-8-6-4-5-7-9-11-13-17(22(29)23(26)30)14-19(28)21-20-18(25(20,2)3)15-27(21)24(16)31/h16-18,20-22,29H,4-15H2,1-3H3,(H2,26,30)/t16-,17+,18?,20?,21+,22?/m0/s1. The van der Waals surface area contributed by atoms with Crippen LogP contribution in [0.3, 0.4) is 0 Å². The van der Waals surface area contributed by atoms with Gasteiger partial charge in [-0.1, -0.05) is 72.1 Å². The summed E-state index contributed by atoms with van der Waals surface area (Å²) in [4.78, 5) is 40.3. The van der Waals surface area contributed by atoms with E-state index in [9.17, 15) is 19.5 Å². The number of fused-ring (bicyclic) bond motifs is 3. The molecule has 1 saturated carbocycles. The van der Waals surface area contributed by atoms with Crippen molar-refractivity contribution in [1.82, 2.24) is 4.90 Å². The highest BCUT2D eigenvalue weighted by atomic mass is 16.3. The van der Waals surface area contributed by atoms with Crippen LogP contribution in [-0.4, -0.2) is 46.3 Å². The van der Waals surface area contributed by atoms with Crippen molar-refractivity contribution in [2.75, 3.05) is 6.54 Å². The van der Waals surface area contributed by atoms with E-state index in [0.29, 0.717) is 18.9 Å². The summed E-state index contributed by atoms with van der Waals surface area (Å²) in [7, 11) is 0. The smallest absolute Gasteiger partial charge is 0.246 e. The molecule has 2 amide bonds. The summed E-state index contributed by atoms with van der Waals surface area (Å²) in [6, 6.07) is -0.423. The van der Waals surface area contributed by atoms with Crippen molar-refractivity contribution in [2.24, 2.45) is 34.8 Å². The molecule has 0 radical (unpaired) electrons. The number of nitrogens with zero attached hydrogens (tertiary/aromatic N) is 1. The maximum Gasteiger partial charge on any atom is 0.246 e. The van der Waals surface area contributed by atoms with Gasteiger partial charge in [-0.15, -0.1) is 0 Å². The molecule has 3 unspecified atom stereocenters. The number of amides is 2. The first-order valence-electron chi connectivity index (χ1n) is 12.5. The number of hydrogen-bond donors (Lipinski definition) is 2. The third-order valence-electron chi connectivity index (χ3n) is 8.41. The van der Waals surface area contributed by atoms with Crippen molar-refractivity contribution >= 4 is 17.6 Å². The van der Waals surface area contributed by atoms with Crippen LogP contribution < -0.4 is 5.73 Å². The summed E-state index contributed by atoms with van der Waals surface area (Å²) in [5.41, 5.74) is 5.46. The van der Waals surface area contributed by atoms with Crippen molar-refractivity contribution in [2.45, 2.75) is 104 Å². The largest absolute Gasteiger partial charge is 0.383 e. The Morgan fingerprint density at radius 2 is 1.58 bits per heavy atom. The maximum atomic E-state index is 13.5. The van der Waals surface area contributed by atoms with Gasteiger partial charge in [-0.3, -0.25) is 14.4 Å². The lowest BCUT2D eigenvalue weighted by Gasteiger charge is -2.33. The van der Waals surface area contributed by atoms with Gasteiger partial charge in [-0.25, -0.2) is 0 Å². The average molecular weight is 435 g/mol. The SMILES string of the molecule is C[C@H]1CCCCCCCCCC[C@@H](C(O)C(N)=O)CC(=O)[C@@H]2C3C(CN2C1=O)C3(C)C. The summed E-state index contributed by atoms with van der Waals surface area (Å²) < 4.78 is 0. The lowest BCUT2D eigenvalue weighted by Crippen LogP contribution is -2.48. The van der Waals surface area contributed by atoms with Gasteiger partial charge in [0.2, 0.25) is 11.8 Å². The number of rotatable bonds is 2. The second-order valence-corrected chi connectivity index (χ2v) is 11.0. The van der Waals surface area contributed by atoms with Gasteiger partial charge in [0.05, 0.1) is 6.04 Å². The van der Waals surface area contributed by atoms with Gasteiger partial charge < -0.3 is 15.7 Å². The molecule has 6 nitrogen and oxygen atoms in total. The quantitative estimate of drug-likeness (QED) is 0.695. The molecule has 6 atom stereocenters. The lowest BCUT2D eigenvalue weighted by atomic mass is 9.86. The van der Waals surface area contributed by atoms with E-state index in [4.69, 9.17) is 5.73 Å². The van der Waals surface area contributed by atoms with Crippen LogP contribution in [0.5, 0.6) is 0 Å². The number of primary amides is 1. The molecule has 6 heteroatoms. The van der Waals surface area contributed by atoms with Gasteiger partial charge in [0.15, 0.2) is 5.78 Å². The van der Waals surface area contributed by atoms with Crippen molar-refractivity contribution in [1.29, 1.82) is 0 Å². The Hall–Kier alpha value is -1.43. The van der Waals surface area contributed by atoms with E-state index in [1.165, 1.54) is 19.3 Å². The lowest BCUT2D eigenvalue weighted by molar-refractivity contribution is -0.143. The fraction of sp³-hybridized carbons (Fsp3) is 0.880. The first-order chi connectivity index (χ1) is 14.7. The van der Waals surface area contributed by atoms with E-state index in [-0.39, 0.29) is 35.4 Å². The first kappa shape index (κ1) is 24.2. The van der Waals surface area contributed by atoms with E-state index in [1.807, 2.05) is 11.8 Å². The maximum absolute atomic E-state index is 13.5. The molecule has 3 fully saturated rings. The van der Waals surface area contributed by atoms with E-state index in [1.54, 1.807) is 0 Å². The zero-order chi connectivity index (χ0) is 22.8. The van der Waals surface area contributed by atoms with Crippen LogP contribution in [0, 0.1) is 29.1 Å². The molecule has 0 spiro atoms. The van der Waals surface area contributed by atoms with Crippen LogP contribution in [0.15, 0.2) is 0 Å². The molecule has 2 heterocycles. The minimum absolute atomic E-state index is 0.00626. The summed E-state index contributed by atoms with van der Waals surface area (Å²) in [6.07, 6.45) is 9.17. The van der Waals surface area contributed by atoms with Gasteiger partial charge in [-0.2, -0.15) is 0 Å². The van der Waals surface area contributed by atoms with Gasteiger partial charge in [0, 0.05) is 24.8 Å². The summed E-state index contributed by atoms with van der Waals surface area (Å²) >= 11 is 0. The number of carbonyl (C=O) groups excluding carboxylic acids is 3. The van der Waals surface area contributed by atoms with Crippen LogP contribution in [0.25, 0.3) is 0 Å². The van der Waals surface area contributed by atoms with E-state index in [2.05, 4.69) is 13.8 Å². The molecular weight excluding hydrogens is 392 g/mol. The third kappa shape index (κ3) is 5.32. The highest BCUT2D eigenvalue weighted by Crippen LogP contribution is 2.65. The van der Waals surface area contributed by atoms with Crippen LogP contribution in [0.1, 0.15) is 91.4 Å². The van der Waals surface area contributed by atoms with Gasteiger partial charge in [-0.05, 0) is 30.1 Å². The monoisotopic (exact) mass is 434 g/mol. The molecule has 31 heavy (non-hydrogen) atoms. The zero-order valence-corrected chi connectivity index (χ0v) is 19.6. The predicted octanol–water partition coefficient (Wildman–Crippen LogP) is 3.44. The van der Waals surface area contributed by atoms with Gasteiger partial charge >= 0.3 is 0 Å². The molecule has 3 aliphatic rings. The molecule has 3 rings (SSSR count). The van der Waals surface area contributed by atoms with Crippen LogP contribution >= 0.6 is 0 Å². The average Bonchev–Trinajstić information content (AvgIpc) is 3.05. The van der Waals surface area contributed by atoms with Crippen molar-refractivity contribution in [3.8, 4) is 0 Å². The topological polar surface area (TPSA) is 101 Å². The van der Waals surface area contributed by atoms with Crippen molar-refractivity contribution in [3.05, 3.63) is 0 Å². The molecule has 1 aliphatic carbocycles. The fourth-order valence-corrected chi connectivity index (χ4v) is 6.19. The van der Waals surface area contributed by atoms with Gasteiger partial charge in [0.25, 0.3) is 0 Å². The second-order valence-electron chi connectivity index (χ2n) is 11.0. The number of carbonyl (C=O) groups is 3. The first-order valence-corrected chi connectivity index (χ1v) is 12.5. The van der Waals surface area contributed by atoms with Crippen molar-refractivity contribution < 1.29 is 19.5 Å². The minimum Gasteiger partial charge on any atom is -0.383 e. The highest BCUT2D eigenvalue weighted by Gasteiger charge is 2.69. The van der Waals surface area contributed by atoms with Crippen LogP contribution in [0.2, 0.25) is 0 Å². The third-order valence-corrected chi connectivity index (χ3v) is 8.41. The minimum atomic E-state index is -1.31. The molecule has 0 bridgehead atoms. The fourth-order valence-electron chi connectivity index (χ4n) is 6.19. The zero-order valence-electron chi connectivity index (χ0n) is 19.6. The molecule has 3 N–H and O–H groups in total. The number of hydrogen-bond acceptors (Lipinski definition) is 4. The molecular formula is C25H42N2O4. The normalized spacial score (nSPS) is 36.3. The Balaban J connectivity index is 1.79. The number of Topliss-reactive ketones (excluding diaryl/α,β-unsaturated/α-hetero) is 1. The summed E-state index contributed by atoms with van der Waals surface area (Å²) in [5.74, 6) is -0.658. The van der Waals surface area contributed by atoms with Gasteiger partial charge in [0.1, 0.15) is 6.10 Å².